The predicted molar refractivity (Wildman–Crippen MR) is 71.4 cm³/mol. The molecule has 0 spiro atoms. The third-order valence-electron chi connectivity index (χ3n) is 2.44. The molecule has 0 aliphatic carbocycles. The predicted octanol–water partition coefficient (Wildman–Crippen LogP) is 1.62. The highest BCUT2D eigenvalue weighted by atomic mass is 32.1. The average Bonchev–Trinajstić information content (AvgIpc) is 2.81. The van der Waals surface area contributed by atoms with Gasteiger partial charge >= 0.3 is 0 Å². The Morgan fingerprint density at radius 1 is 1.32 bits per heavy atom. The van der Waals surface area contributed by atoms with Crippen molar-refractivity contribution in [2.75, 3.05) is 12.3 Å². The van der Waals surface area contributed by atoms with E-state index in [9.17, 15) is 9.18 Å². The quantitative estimate of drug-likeness (QED) is 0.816. The molecule has 0 fully saturated rings. The molecule has 0 radical (unpaired) electrons. The highest BCUT2D eigenvalue weighted by molar-refractivity contribution is 7.15. The fourth-order valence-electron chi connectivity index (χ4n) is 1.51. The van der Waals surface area contributed by atoms with E-state index in [1.807, 2.05) is 0 Å². The summed E-state index contributed by atoms with van der Waals surface area (Å²) in [5.74, 6) is -0.567. The zero-order valence-electron chi connectivity index (χ0n) is 10.1. The van der Waals surface area contributed by atoms with Crippen LogP contribution in [0, 0.1) is 5.82 Å². The van der Waals surface area contributed by atoms with Gasteiger partial charge in [0, 0.05) is 18.5 Å². The van der Waals surface area contributed by atoms with Gasteiger partial charge in [0.1, 0.15) is 10.8 Å². The molecule has 0 aliphatic rings. The number of hydrogen-bond donors (Lipinski definition) is 2. The van der Waals surface area contributed by atoms with Crippen LogP contribution < -0.4 is 11.1 Å². The Bertz CT molecular complexity index is 555. The first-order valence-electron chi connectivity index (χ1n) is 5.77. The molecule has 5 nitrogen and oxygen atoms in total. The summed E-state index contributed by atoms with van der Waals surface area (Å²) in [4.78, 5) is 11.7. The molecule has 19 heavy (non-hydrogen) atoms. The highest BCUT2D eigenvalue weighted by Crippen LogP contribution is 2.12. The molecule has 0 saturated carbocycles. The van der Waals surface area contributed by atoms with Crippen molar-refractivity contribution >= 4 is 22.4 Å². The van der Waals surface area contributed by atoms with Gasteiger partial charge in [-0.05, 0) is 30.7 Å². The molecule has 0 atom stereocenters. The standard InChI is InChI=1S/C12H13FN4OS/c13-9-5-3-8(4-6-9)11(18)15-7-1-2-10-16-17-12(14)19-10/h3-6H,1-2,7H2,(H2,14,17)(H,15,18). The molecule has 2 aromatic rings. The number of halogens is 1. The van der Waals surface area contributed by atoms with Crippen LogP contribution in [0.3, 0.4) is 0 Å². The Labute approximate surface area is 113 Å². The number of aryl methyl sites for hydroxylation is 1. The summed E-state index contributed by atoms with van der Waals surface area (Å²) in [6, 6.07) is 5.43. The summed E-state index contributed by atoms with van der Waals surface area (Å²) in [5, 5.41) is 11.7. The Morgan fingerprint density at radius 2 is 2.05 bits per heavy atom. The maximum atomic E-state index is 12.7. The highest BCUT2D eigenvalue weighted by Gasteiger charge is 2.05. The molecule has 100 valence electrons. The van der Waals surface area contributed by atoms with E-state index in [4.69, 9.17) is 5.73 Å². The fourth-order valence-corrected chi connectivity index (χ4v) is 2.16. The van der Waals surface area contributed by atoms with Gasteiger partial charge in [0.15, 0.2) is 0 Å². The number of carbonyl (C=O) groups excluding carboxylic acids is 1. The van der Waals surface area contributed by atoms with Gasteiger partial charge in [-0.15, -0.1) is 10.2 Å². The maximum Gasteiger partial charge on any atom is 0.251 e. The lowest BCUT2D eigenvalue weighted by Gasteiger charge is -2.04. The molecular weight excluding hydrogens is 267 g/mol. The van der Waals surface area contributed by atoms with Crippen molar-refractivity contribution in [1.29, 1.82) is 0 Å². The first-order chi connectivity index (χ1) is 9.15. The minimum Gasteiger partial charge on any atom is -0.374 e. The molecule has 7 heteroatoms. The molecular formula is C12H13FN4OS. The Kier molecular flexibility index (Phi) is 4.40. The van der Waals surface area contributed by atoms with Gasteiger partial charge in [-0.1, -0.05) is 11.3 Å². The third kappa shape index (κ3) is 3.99. The number of nitrogens with two attached hydrogens (primary N) is 1. The first-order valence-corrected chi connectivity index (χ1v) is 6.58. The van der Waals surface area contributed by atoms with Crippen LogP contribution >= 0.6 is 11.3 Å². The number of carbonyl (C=O) groups is 1. The van der Waals surface area contributed by atoms with Gasteiger partial charge in [-0.2, -0.15) is 0 Å². The SMILES string of the molecule is Nc1nnc(CCCNC(=O)c2ccc(F)cc2)s1. The molecule has 3 N–H and O–H groups in total. The number of nitrogens with one attached hydrogen (secondary N) is 1. The van der Waals surface area contributed by atoms with Crippen LogP contribution in [0.2, 0.25) is 0 Å². The molecule has 2 rings (SSSR count). The van der Waals surface area contributed by atoms with Crippen LogP contribution in [0.1, 0.15) is 21.8 Å². The number of nitrogen functional groups attached to an aromatic ring is 1. The smallest absolute Gasteiger partial charge is 0.251 e. The van der Waals surface area contributed by atoms with E-state index in [0.717, 1.165) is 17.8 Å². The molecule has 0 bridgehead atoms. The topological polar surface area (TPSA) is 80.9 Å². The minimum atomic E-state index is -0.356. The normalized spacial score (nSPS) is 10.4. The second-order valence-corrected chi connectivity index (χ2v) is 4.99. The Hall–Kier alpha value is -2.02. The number of nitrogens with zero attached hydrogens (tertiary/aromatic N) is 2. The van der Waals surface area contributed by atoms with Crippen molar-refractivity contribution < 1.29 is 9.18 Å². The molecule has 0 aliphatic heterocycles. The zero-order chi connectivity index (χ0) is 13.7. The number of benzene rings is 1. The van der Waals surface area contributed by atoms with Crippen molar-refractivity contribution in [2.45, 2.75) is 12.8 Å². The van der Waals surface area contributed by atoms with Crippen LogP contribution in [0.15, 0.2) is 24.3 Å². The lowest BCUT2D eigenvalue weighted by atomic mass is 10.2. The van der Waals surface area contributed by atoms with Crippen LogP contribution in [0.4, 0.5) is 9.52 Å². The lowest BCUT2D eigenvalue weighted by Crippen LogP contribution is -2.24. The van der Waals surface area contributed by atoms with E-state index < -0.39 is 0 Å². The molecule has 1 amide bonds. The summed E-state index contributed by atoms with van der Waals surface area (Å²) in [7, 11) is 0. The Balaban J connectivity index is 1.73. The van der Waals surface area contributed by atoms with Gasteiger partial charge in [0.2, 0.25) is 5.13 Å². The van der Waals surface area contributed by atoms with Gasteiger partial charge in [-0.3, -0.25) is 4.79 Å². The van der Waals surface area contributed by atoms with Gasteiger partial charge in [-0.25, -0.2) is 4.39 Å². The molecule has 0 unspecified atom stereocenters. The van der Waals surface area contributed by atoms with Crippen molar-refractivity contribution in [3.05, 3.63) is 40.7 Å². The van der Waals surface area contributed by atoms with E-state index in [2.05, 4.69) is 15.5 Å². The lowest BCUT2D eigenvalue weighted by molar-refractivity contribution is 0.0953. The maximum absolute atomic E-state index is 12.7. The van der Waals surface area contributed by atoms with Gasteiger partial charge in [0.25, 0.3) is 5.91 Å². The minimum absolute atomic E-state index is 0.211. The molecule has 1 heterocycles. The number of anilines is 1. The number of rotatable bonds is 5. The van der Waals surface area contributed by atoms with Crippen LogP contribution in [0.25, 0.3) is 0 Å². The van der Waals surface area contributed by atoms with E-state index >= 15 is 0 Å². The van der Waals surface area contributed by atoms with E-state index in [-0.39, 0.29) is 11.7 Å². The number of hydrogen-bond acceptors (Lipinski definition) is 5. The van der Waals surface area contributed by atoms with E-state index in [1.54, 1.807) is 0 Å². The second kappa shape index (κ2) is 6.24. The fraction of sp³-hybridized carbons (Fsp3) is 0.250. The number of amides is 1. The van der Waals surface area contributed by atoms with Gasteiger partial charge in [0.05, 0.1) is 0 Å². The first kappa shape index (κ1) is 13.4. The zero-order valence-corrected chi connectivity index (χ0v) is 10.9. The third-order valence-corrected chi connectivity index (χ3v) is 3.25. The van der Waals surface area contributed by atoms with E-state index in [1.165, 1.54) is 35.6 Å². The molecule has 1 aromatic heterocycles. The summed E-state index contributed by atoms with van der Waals surface area (Å²) in [6.45, 7) is 0.524. The van der Waals surface area contributed by atoms with Crippen molar-refractivity contribution in [3.8, 4) is 0 Å². The van der Waals surface area contributed by atoms with Crippen LogP contribution in [-0.2, 0) is 6.42 Å². The van der Waals surface area contributed by atoms with Gasteiger partial charge < -0.3 is 11.1 Å². The summed E-state index contributed by atoms with van der Waals surface area (Å²) >= 11 is 1.35. The van der Waals surface area contributed by atoms with Crippen molar-refractivity contribution in [2.24, 2.45) is 0 Å². The van der Waals surface area contributed by atoms with Crippen LogP contribution in [-0.4, -0.2) is 22.6 Å². The van der Waals surface area contributed by atoms with E-state index in [0.29, 0.717) is 17.2 Å². The average molecular weight is 280 g/mol. The summed E-state index contributed by atoms with van der Waals surface area (Å²) in [6.07, 6.45) is 1.47. The van der Waals surface area contributed by atoms with Crippen LogP contribution in [0.5, 0.6) is 0 Å². The number of aromatic nitrogens is 2. The molecule has 1 aromatic carbocycles. The van der Waals surface area contributed by atoms with Crippen molar-refractivity contribution in [3.63, 3.8) is 0 Å². The largest absolute Gasteiger partial charge is 0.374 e. The second-order valence-electron chi connectivity index (χ2n) is 3.90. The monoisotopic (exact) mass is 280 g/mol. The molecule has 0 saturated heterocycles. The summed E-state index contributed by atoms with van der Waals surface area (Å²) in [5.41, 5.74) is 5.91. The van der Waals surface area contributed by atoms with Crippen molar-refractivity contribution in [1.82, 2.24) is 15.5 Å². The summed E-state index contributed by atoms with van der Waals surface area (Å²) < 4.78 is 12.7. The Morgan fingerprint density at radius 3 is 2.68 bits per heavy atom.